The normalized spacial score (nSPS) is 16.8. The molecule has 1 unspecified atom stereocenters. The van der Waals surface area contributed by atoms with Crippen molar-refractivity contribution in [3.8, 4) is 16.9 Å². The van der Waals surface area contributed by atoms with Gasteiger partial charge in [0.1, 0.15) is 5.75 Å². The van der Waals surface area contributed by atoms with Gasteiger partial charge in [0.25, 0.3) is 5.91 Å². The predicted octanol–water partition coefficient (Wildman–Crippen LogP) is 8.60. The SMILES string of the molecule is O=C(NC1CCCC1)c1cccc(C(c2cc(-c3ccc(Cl)cc3)ccc2O)N2CCN(c3cccc(Cl)c3Cl)CC2)c1. The van der Waals surface area contributed by atoms with E-state index in [0.717, 1.165) is 79.8 Å². The van der Waals surface area contributed by atoms with Gasteiger partial charge in [-0.2, -0.15) is 0 Å². The maximum absolute atomic E-state index is 13.3. The molecule has 1 saturated heterocycles. The van der Waals surface area contributed by atoms with Gasteiger partial charge in [-0.15, -0.1) is 0 Å². The molecule has 0 bridgehead atoms. The van der Waals surface area contributed by atoms with Crippen LogP contribution in [0.4, 0.5) is 5.69 Å². The molecule has 1 amide bonds. The summed E-state index contributed by atoms with van der Waals surface area (Å²) in [6, 6.07) is 26.9. The van der Waals surface area contributed by atoms with Crippen molar-refractivity contribution in [3.05, 3.63) is 117 Å². The van der Waals surface area contributed by atoms with E-state index in [4.69, 9.17) is 34.8 Å². The molecule has 2 N–H and O–H groups in total. The first-order valence-corrected chi connectivity index (χ1v) is 15.9. The van der Waals surface area contributed by atoms with E-state index >= 15 is 0 Å². The Morgan fingerprint density at radius 3 is 2.26 bits per heavy atom. The average molecular weight is 635 g/mol. The summed E-state index contributed by atoms with van der Waals surface area (Å²) in [6.45, 7) is 2.90. The Bertz CT molecular complexity index is 1600. The molecule has 2 aliphatic rings. The van der Waals surface area contributed by atoms with Crippen molar-refractivity contribution in [2.75, 3.05) is 31.1 Å². The number of amides is 1. The lowest BCUT2D eigenvalue weighted by Gasteiger charge is -2.41. The molecule has 4 aromatic rings. The molecule has 1 heterocycles. The number of phenols is 1. The Balaban J connectivity index is 1.35. The largest absolute Gasteiger partial charge is 0.508 e. The minimum Gasteiger partial charge on any atom is -0.508 e. The monoisotopic (exact) mass is 633 g/mol. The summed E-state index contributed by atoms with van der Waals surface area (Å²) in [5.74, 6) is 0.163. The van der Waals surface area contributed by atoms with Crippen molar-refractivity contribution < 1.29 is 9.90 Å². The molecular weight excluding hydrogens is 601 g/mol. The van der Waals surface area contributed by atoms with Crippen LogP contribution in [-0.2, 0) is 0 Å². The van der Waals surface area contributed by atoms with Gasteiger partial charge in [-0.1, -0.05) is 84.0 Å². The summed E-state index contributed by atoms with van der Waals surface area (Å²) in [5, 5.41) is 16.3. The van der Waals surface area contributed by atoms with E-state index in [2.05, 4.69) is 21.2 Å². The first-order chi connectivity index (χ1) is 20.9. The van der Waals surface area contributed by atoms with Crippen LogP contribution < -0.4 is 10.2 Å². The molecule has 43 heavy (non-hydrogen) atoms. The van der Waals surface area contributed by atoms with E-state index < -0.39 is 0 Å². The quantitative estimate of drug-likeness (QED) is 0.214. The number of benzene rings is 4. The molecule has 6 rings (SSSR count). The van der Waals surface area contributed by atoms with Gasteiger partial charge in [-0.25, -0.2) is 0 Å². The Labute approximate surface area is 268 Å². The number of phenolic OH excluding ortho intramolecular Hbond substituents is 1. The van der Waals surface area contributed by atoms with E-state index in [-0.39, 0.29) is 23.7 Å². The van der Waals surface area contributed by atoms with Crippen LogP contribution in [0.25, 0.3) is 11.1 Å². The molecule has 0 spiro atoms. The number of anilines is 1. The highest BCUT2D eigenvalue weighted by Crippen LogP contribution is 2.39. The zero-order valence-electron chi connectivity index (χ0n) is 23.8. The van der Waals surface area contributed by atoms with Gasteiger partial charge in [0.15, 0.2) is 0 Å². The van der Waals surface area contributed by atoms with E-state index in [1.807, 2.05) is 66.7 Å². The summed E-state index contributed by atoms with van der Waals surface area (Å²) in [4.78, 5) is 17.9. The van der Waals surface area contributed by atoms with Gasteiger partial charge in [-0.05, 0) is 78.1 Å². The molecular formula is C35H34Cl3N3O2. The van der Waals surface area contributed by atoms with E-state index in [0.29, 0.717) is 20.6 Å². The maximum atomic E-state index is 13.3. The lowest BCUT2D eigenvalue weighted by atomic mass is 9.91. The third-order valence-corrected chi connectivity index (χ3v) is 9.67. The topological polar surface area (TPSA) is 55.8 Å². The number of hydrogen-bond acceptors (Lipinski definition) is 4. The first-order valence-electron chi connectivity index (χ1n) is 14.8. The number of nitrogens with zero attached hydrogens (tertiary/aromatic N) is 2. The van der Waals surface area contributed by atoms with Crippen LogP contribution in [0.2, 0.25) is 15.1 Å². The maximum Gasteiger partial charge on any atom is 0.251 e. The second kappa shape index (κ2) is 13.2. The van der Waals surface area contributed by atoms with E-state index in [1.165, 1.54) is 0 Å². The predicted molar refractivity (Wildman–Crippen MR) is 177 cm³/mol. The van der Waals surface area contributed by atoms with Crippen LogP contribution in [0.3, 0.4) is 0 Å². The summed E-state index contributed by atoms with van der Waals surface area (Å²) >= 11 is 19.0. The van der Waals surface area contributed by atoms with E-state index in [9.17, 15) is 9.90 Å². The third kappa shape index (κ3) is 6.66. The summed E-state index contributed by atoms with van der Waals surface area (Å²) in [5.41, 5.74) is 5.28. The molecule has 222 valence electrons. The van der Waals surface area contributed by atoms with Crippen molar-refractivity contribution in [2.45, 2.75) is 37.8 Å². The molecule has 4 aromatic carbocycles. The fourth-order valence-corrected chi connectivity index (χ4v) is 6.87. The van der Waals surface area contributed by atoms with Crippen molar-refractivity contribution in [1.29, 1.82) is 0 Å². The second-order valence-electron chi connectivity index (χ2n) is 11.4. The number of carbonyl (C=O) groups is 1. The lowest BCUT2D eigenvalue weighted by Crippen LogP contribution is -2.48. The fraction of sp³-hybridized carbons (Fsp3) is 0.286. The van der Waals surface area contributed by atoms with Crippen molar-refractivity contribution in [3.63, 3.8) is 0 Å². The minimum absolute atomic E-state index is 0.0490. The molecule has 5 nitrogen and oxygen atoms in total. The minimum atomic E-state index is -0.275. The number of hydrogen-bond donors (Lipinski definition) is 2. The van der Waals surface area contributed by atoms with Gasteiger partial charge < -0.3 is 15.3 Å². The van der Waals surface area contributed by atoms with Gasteiger partial charge >= 0.3 is 0 Å². The van der Waals surface area contributed by atoms with Crippen molar-refractivity contribution in [1.82, 2.24) is 10.2 Å². The molecule has 1 aliphatic heterocycles. The van der Waals surface area contributed by atoms with Crippen LogP contribution in [0.1, 0.15) is 53.2 Å². The van der Waals surface area contributed by atoms with Gasteiger partial charge in [0.05, 0.1) is 21.8 Å². The summed E-state index contributed by atoms with van der Waals surface area (Å²) < 4.78 is 0. The number of halogens is 3. The smallest absolute Gasteiger partial charge is 0.251 e. The van der Waals surface area contributed by atoms with Gasteiger partial charge in [0.2, 0.25) is 0 Å². The van der Waals surface area contributed by atoms with Crippen LogP contribution in [-0.4, -0.2) is 48.1 Å². The Morgan fingerprint density at radius 1 is 0.814 bits per heavy atom. The van der Waals surface area contributed by atoms with Crippen LogP contribution in [0.5, 0.6) is 5.75 Å². The van der Waals surface area contributed by atoms with Crippen LogP contribution in [0.15, 0.2) is 84.9 Å². The number of nitrogens with one attached hydrogen (secondary N) is 1. The molecule has 1 saturated carbocycles. The highest BCUT2D eigenvalue weighted by Gasteiger charge is 2.30. The Hall–Kier alpha value is -3.22. The van der Waals surface area contributed by atoms with Crippen LogP contribution >= 0.6 is 34.8 Å². The summed E-state index contributed by atoms with van der Waals surface area (Å²) in [7, 11) is 0. The molecule has 2 fully saturated rings. The van der Waals surface area contributed by atoms with Crippen LogP contribution in [0, 0.1) is 0 Å². The summed E-state index contributed by atoms with van der Waals surface area (Å²) in [6.07, 6.45) is 4.37. The highest BCUT2D eigenvalue weighted by molar-refractivity contribution is 6.43. The lowest BCUT2D eigenvalue weighted by molar-refractivity contribution is 0.0937. The van der Waals surface area contributed by atoms with Crippen molar-refractivity contribution >= 4 is 46.4 Å². The number of piperazine rings is 1. The number of rotatable bonds is 7. The first kappa shape index (κ1) is 29.8. The Morgan fingerprint density at radius 2 is 1.51 bits per heavy atom. The Kier molecular flexibility index (Phi) is 9.15. The van der Waals surface area contributed by atoms with Crippen molar-refractivity contribution in [2.24, 2.45) is 0 Å². The third-order valence-electron chi connectivity index (χ3n) is 8.61. The molecule has 1 aliphatic carbocycles. The molecule has 0 radical (unpaired) electrons. The van der Waals surface area contributed by atoms with Gasteiger partial charge in [-0.3, -0.25) is 9.69 Å². The van der Waals surface area contributed by atoms with E-state index in [1.54, 1.807) is 12.1 Å². The molecule has 8 heteroatoms. The van der Waals surface area contributed by atoms with Gasteiger partial charge in [0, 0.05) is 48.4 Å². The second-order valence-corrected chi connectivity index (χ2v) is 12.6. The average Bonchev–Trinajstić information content (AvgIpc) is 3.54. The molecule has 0 aromatic heterocycles. The number of carbonyl (C=O) groups excluding carboxylic acids is 1. The highest BCUT2D eigenvalue weighted by atomic mass is 35.5. The zero-order chi connectivity index (χ0) is 29.9. The number of aromatic hydroxyl groups is 1. The standard InChI is InChI=1S/C35H34Cl3N3O2/c36-27-14-11-23(12-15-27)24-13-16-32(42)29(22-24)34(25-5-3-6-26(21-25)35(43)39-28-7-1-2-8-28)41-19-17-40(18-20-41)31-10-4-9-30(37)33(31)38/h3-6,9-16,21-22,28,34,42H,1-2,7-8,17-20H2,(H,39,43). The molecule has 1 atom stereocenters. The zero-order valence-corrected chi connectivity index (χ0v) is 26.0. The fourth-order valence-electron chi connectivity index (χ4n) is 6.33.